The summed E-state index contributed by atoms with van der Waals surface area (Å²) in [4.78, 5) is 4.95. The van der Waals surface area contributed by atoms with E-state index >= 15 is 0 Å². The second kappa shape index (κ2) is 10.00. The van der Waals surface area contributed by atoms with Crippen molar-refractivity contribution in [3.8, 4) is 0 Å². The van der Waals surface area contributed by atoms with Gasteiger partial charge in [-0.15, -0.1) is 0 Å². The predicted molar refractivity (Wildman–Crippen MR) is 95.9 cm³/mol. The van der Waals surface area contributed by atoms with Gasteiger partial charge in [0.15, 0.2) is 0 Å². The molecule has 4 nitrogen and oxygen atoms in total. The van der Waals surface area contributed by atoms with Gasteiger partial charge in [0.2, 0.25) is 0 Å². The fourth-order valence-electron chi connectivity index (χ4n) is 2.71. The van der Waals surface area contributed by atoms with Crippen LogP contribution < -0.4 is 5.32 Å². The van der Waals surface area contributed by atoms with Crippen LogP contribution in [0.2, 0.25) is 0 Å². The van der Waals surface area contributed by atoms with Crippen LogP contribution in [0.15, 0.2) is 0 Å². The maximum absolute atomic E-state index is 13.7. The Labute approximate surface area is 146 Å². The third-order valence-corrected chi connectivity index (χ3v) is 4.34. The molecule has 6 heteroatoms. The van der Waals surface area contributed by atoms with Crippen molar-refractivity contribution in [1.29, 1.82) is 0 Å². The van der Waals surface area contributed by atoms with Crippen LogP contribution in [0.25, 0.3) is 0 Å². The monoisotopic (exact) mass is 349 g/mol. The summed E-state index contributed by atoms with van der Waals surface area (Å²) in [5, 5.41) is 2.83. The molecule has 0 aliphatic carbocycles. The molecule has 144 valence electrons. The normalized spacial score (nSPS) is 18.5. The Morgan fingerprint density at radius 2 is 1.67 bits per heavy atom. The van der Waals surface area contributed by atoms with E-state index in [0.717, 1.165) is 45.6 Å². The maximum atomic E-state index is 13.7. The minimum absolute atomic E-state index is 0.303. The van der Waals surface area contributed by atoms with Crippen LogP contribution in [-0.4, -0.2) is 79.8 Å². The zero-order valence-electron chi connectivity index (χ0n) is 16.2. The number of piperazine rings is 1. The topological polar surface area (TPSA) is 27.7 Å². The van der Waals surface area contributed by atoms with Crippen molar-refractivity contribution < 1.29 is 13.5 Å². The molecule has 1 heterocycles. The van der Waals surface area contributed by atoms with E-state index in [0.29, 0.717) is 12.6 Å². The summed E-state index contributed by atoms with van der Waals surface area (Å²) >= 11 is 0. The van der Waals surface area contributed by atoms with E-state index in [-0.39, 0.29) is 12.1 Å². The lowest BCUT2D eigenvalue weighted by atomic mass is 10.1. The highest BCUT2D eigenvalue weighted by Gasteiger charge is 2.30. The lowest BCUT2D eigenvalue weighted by Crippen LogP contribution is -2.48. The molecule has 0 unspecified atom stereocenters. The highest BCUT2D eigenvalue weighted by molar-refractivity contribution is 4.77. The zero-order valence-corrected chi connectivity index (χ0v) is 16.2. The summed E-state index contributed by atoms with van der Waals surface area (Å²) in [7, 11) is 0. The van der Waals surface area contributed by atoms with E-state index in [1.807, 2.05) is 20.8 Å². The van der Waals surface area contributed by atoms with Gasteiger partial charge in [-0.1, -0.05) is 0 Å². The van der Waals surface area contributed by atoms with Gasteiger partial charge in [-0.3, -0.25) is 4.90 Å². The van der Waals surface area contributed by atoms with Crippen LogP contribution in [0.3, 0.4) is 0 Å². The lowest BCUT2D eigenvalue weighted by Gasteiger charge is -2.36. The summed E-state index contributed by atoms with van der Waals surface area (Å²) < 4.78 is 32.5. The second-order valence-electron chi connectivity index (χ2n) is 8.19. The highest BCUT2D eigenvalue weighted by atomic mass is 19.3. The van der Waals surface area contributed by atoms with Crippen molar-refractivity contribution in [3.05, 3.63) is 0 Å². The Kier molecular flexibility index (Phi) is 9.06. The van der Waals surface area contributed by atoms with Crippen LogP contribution in [0.5, 0.6) is 0 Å². The predicted octanol–water partition coefficient (Wildman–Crippen LogP) is 2.83. The van der Waals surface area contributed by atoms with Crippen LogP contribution >= 0.6 is 0 Å². The molecule has 0 aromatic carbocycles. The first-order valence-corrected chi connectivity index (χ1v) is 9.26. The standard InChI is InChI=1S/C18H37F2N3O/c1-16(2)23-11-9-22(10-12-23)8-6-7-13-24-15-18(19,20)14-21-17(3,4)5/h16,21H,6-15H2,1-5H3. The molecule has 1 fully saturated rings. The van der Waals surface area contributed by atoms with E-state index in [1.165, 1.54) is 0 Å². The molecule has 0 amide bonds. The fourth-order valence-corrected chi connectivity index (χ4v) is 2.71. The number of rotatable bonds is 10. The van der Waals surface area contributed by atoms with Crippen LogP contribution in [0, 0.1) is 0 Å². The molecule has 0 spiro atoms. The zero-order chi connectivity index (χ0) is 18.2. The number of nitrogens with zero attached hydrogens (tertiary/aromatic N) is 2. The first kappa shape index (κ1) is 21.7. The average Bonchev–Trinajstić information content (AvgIpc) is 2.49. The molecule has 0 atom stereocenters. The molecule has 1 aliphatic rings. The number of nitrogens with one attached hydrogen (secondary N) is 1. The van der Waals surface area contributed by atoms with Gasteiger partial charge >= 0.3 is 0 Å². The SMILES string of the molecule is CC(C)N1CCN(CCCCOCC(F)(F)CNC(C)(C)C)CC1. The second-order valence-corrected chi connectivity index (χ2v) is 8.19. The molecule has 24 heavy (non-hydrogen) atoms. The van der Waals surface area contributed by atoms with Gasteiger partial charge in [0.25, 0.3) is 5.92 Å². The van der Waals surface area contributed by atoms with E-state index < -0.39 is 12.5 Å². The largest absolute Gasteiger partial charge is 0.375 e. The van der Waals surface area contributed by atoms with E-state index in [4.69, 9.17) is 4.74 Å². The van der Waals surface area contributed by atoms with Crippen molar-refractivity contribution >= 4 is 0 Å². The summed E-state index contributed by atoms with van der Waals surface area (Å²) in [6.45, 7) is 15.2. The number of halogens is 2. The molecule has 0 aromatic heterocycles. The Hall–Kier alpha value is -0.300. The molecule has 1 saturated heterocycles. The van der Waals surface area contributed by atoms with E-state index in [9.17, 15) is 8.78 Å². The maximum Gasteiger partial charge on any atom is 0.283 e. The Morgan fingerprint density at radius 3 is 2.21 bits per heavy atom. The molecule has 1 N–H and O–H groups in total. The smallest absolute Gasteiger partial charge is 0.283 e. The van der Waals surface area contributed by atoms with Crippen molar-refractivity contribution in [3.63, 3.8) is 0 Å². The Bertz CT molecular complexity index is 338. The summed E-state index contributed by atoms with van der Waals surface area (Å²) in [5.74, 6) is -2.81. The molecule has 0 saturated carbocycles. The van der Waals surface area contributed by atoms with Crippen molar-refractivity contribution in [2.45, 2.75) is 65.0 Å². The van der Waals surface area contributed by atoms with Crippen molar-refractivity contribution in [1.82, 2.24) is 15.1 Å². The molecule has 0 radical (unpaired) electrons. The Morgan fingerprint density at radius 1 is 1.04 bits per heavy atom. The third kappa shape index (κ3) is 9.87. The van der Waals surface area contributed by atoms with E-state index in [1.54, 1.807) is 0 Å². The lowest BCUT2D eigenvalue weighted by molar-refractivity contribution is -0.0781. The third-order valence-electron chi connectivity index (χ3n) is 4.34. The molecular weight excluding hydrogens is 312 g/mol. The fraction of sp³-hybridized carbons (Fsp3) is 1.00. The van der Waals surface area contributed by atoms with Crippen LogP contribution in [0.1, 0.15) is 47.5 Å². The number of ether oxygens (including phenoxy) is 1. The first-order valence-electron chi connectivity index (χ1n) is 9.26. The molecular formula is C18H37F2N3O. The van der Waals surface area contributed by atoms with Gasteiger partial charge in [0.1, 0.15) is 6.61 Å². The number of hydrogen-bond donors (Lipinski definition) is 1. The first-order chi connectivity index (χ1) is 11.1. The molecule has 1 rings (SSSR count). The van der Waals surface area contributed by atoms with Crippen molar-refractivity contribution in [2.75, 3.05) is 52.5 Å². The summed E-state index contributed by atoms with van der Waals surface area (Å²) in [6.07, 6.45) is 1.85. The van der Waals surface area contributed by atoms with Gasteiger partial charge < -0.3 is 15.0 Å². The van der Waals surface area contributed by atoms with Gasteiger partial charge in [-0.2, -0.15) is 0 Å². The minimum Gasteiger partial charge on any atom is -0.375 e. The molecule has 0 bridgehead atoms. The number of unbranched alkanes of at least 4 members (excludes halogenated alkanes) is 1. The van der Waals surface area contributed by atoms with E-state index in [2.05, 4.69) is 29.0 Å². The number of alkyl halides is 2. The van der Waals surface area contributed by atoms with Gasteiger partial charge in [-0.25, -0.2) is 8.78 Å². The van der Waals surface area contributed by atoms with Gasteiger partial charge in [0.05, 0.1) is 6.54 Å². The number of hydrogen-bond acceptors (Lipinski definition) is 4. The van der Waals surface area contributed by atoms with Crippen LogP contribution in [-0.2, 0) is 4.74 Å². The van der Waals surface area contributed by atoms with Gasteiger partial charge in [0, 0.05) is 44.4 Å². The minimum atomic E-state index is -2.81. The highest BCUT2D eigenvalue weighted by Crippen LogP contribution is 2.14. The summed E-state index contributed by atoms with van der Waals surface area (Å²) in [5.41, 5.74) is -0.303. The average molecular weight is 350 g/mol. The molecule has 1 aliphatic heterocycles. The quantitative estimate of drug-likeness (QED) is 0.614. The molecule has 0 aromatic rings. The van der Waals surface area contributed by atoms with Crippen molar-refractivity contribution in [2.24, 2.45) is 0 Å². The Balaban J connectivity index is 2.02. The summed E-state index contributed by atoms with van der Waals surface area (Å²) in [6, 6.07) is 0.620. The van der Waals surface area contributed by atoms with Crippen LogP contribution in [0.4, 0.5) is 8.78 Å². The van der Waals surface area contributed by atoms with Gasteiger partial charge in [-0.05, 0) is 54.0 Å².